The molecule has 1 atom stereocenters. The Hall–Kier alpha value is -5.03. The molecule has 0 spiro atoms. The third kappa shape index (κ3) is 7.08. The fourth-order valence-electron chi connectivity index (χ4n) is 4.01. The van der Waals surface area contributed by atoms with Crippen LogP contribution < -0.4 is 16.0 Å². The summed E-state index contributed by atoms with van der Waals surface area (Å²) < 4.78 is 27.3. The number of carboxylic acids is 1. The number of sulfone groups is 1. The van der Waals surface area contributed by atoms with Crippen LogP contribution in [0.15, 0.2) is 108 Å². The summed E-state index contributed by atoms with van der Waals surface area (Å²) in [7, 11) is -4.25. The van der Waals surface area contributed by atoms with Crippen molar-refractivity contribution in [2.24, 2.45) is 0 Å². The Kier molecular flexibility index (Phi) is 8.87. The Morgan fingerprint density at radius 3 is 2.38 bits per heavy atom. The summed E-state index contributed by atoms with van der Waals surface area (Å²) in [5.41, 5.74) is 1.96. The van der Waals surface area contributed by atoms with Crippen LogP contribution in [0.5, 0.6) is 0 Å². The maximum absolute atomic E-state index is 13.7. The molecule has 40 heavy (non-hydrogen) atoms. The van der Waals surface area contributed by atoms with E-state index in [4.69, 9.17) is 5.41 Å². The molecule has 1 heterocycles. The van der Waals surface area contributed by atoms with Gasteiger partial charge >= 0.3 is 5.97 Å². The molecule has 1 unspecified atom stereocenters. The van der Waals surface area contributed by atoms with Crippen LogP contribution in [0.2, 0.25) is 0 Å². The van der Waals surface area contributed by atoms with Crippen molar-refractivity contribution in [3.63, 3.8) is 0 Å². The molecule has 204 valence electrons. The van der Waals surface area contributed by atoms with Gasteiger partial charge in [0.15, 0.2) is 15.8 Å². The first-order valence-electron chi connectivity index (χ1n) is 12.2. The van der Waals surface area contributed by atoms with E-state index in [9.17, 15) is 23.1 Å². The van der Waals surface area contributed by atoms with Crippen molar-refractivity contribution < 1.29 is 23.1 Å². The minimum atomic E-state index is -4.25. The van der Waals surface area contributed by atoms with E-state index in [0.29, 0.717) is 12.2 Å². The van der Waals surface area contributed by atoms with E-state index >= 15 is 0 Å². The number of nitrogens with one attached hydrogen (secondary N) is 4. The van der Waals surface area contributed by atoms with Crippen molar-refractivity contribution in [3.05, 3.63) is 120 Å². The molecule has 1 aromatic heterocycles. The largest absolute Gasteiger partial charge is 0.481 e. The van der Waals surface area contributed by atoms with Gasteiger partial charge in [-0.25, -0.2) is 8.42 Å². The van der Waals surface area contributed by atoms with Gasteiger partial charge in [-0.15, -0.1) is 0 Å². The predicted molar refractivity (Wildman–Crippen MR) is 152 cm³/mol. The van der Waals surface area contributed by atoms with Gasteiger partial charge in [0.05, 0.1) is 17.0 Å². The van der Waals surface area contributed by atoms with Gasteiger partial charge in [0.25, 0.3) is 5.91 Å². The maximum atomic E-state index is 13.7. The molecule has 3 aromatic carbocycles. The van der Waals surface area contributed by atoms with Crippen molar-refractivity contribution in [1.82, 2.24) is 10.3 Å². The van der Waals surface area contributed by atoms with Gasteiger partial charge in [-0.1, -0.05) is 54.6 Å². The fourth-order valence-corrected chi connectivity index (χ4v) is 5.87. The molecular formula is C29H27N5O5S. The molecule has 0 aliphatic rings. The van der Waals surface area contributed by atoms with E-state index in [1.54, 1.807) is 24.3 Å². The lowest BCUT2D eigenvalue weighted by Crippen LogP contribution is -2.29. The Bertz CT molecular complexity index is 1610. The highest BCUT2D eigenvalue weighted by atomic mass is 32.2. The highest BCUT2D eigenvalue weighted by Crippen LogP contribution is 2.35. The lowest BCUT2D eigenvalue weighted by molar-refractivity contribution is -0.137. The molecule has 4 rings (SSSR count). The normalized spacial score (nSPS) is 11.7. The molecule has 11 heteroatoms. The summed E-state index contributed by atoms with van der Waals surface area (Å²) in [6.07, 6.45) is 2.11. The van der Waals surface area contributed by atoms with Crippen LogP contribution in [0, 0.1) is 5.41 Å². The number of guanidine groups is 1. The van der Waals surface area contributed by atoms with Crippen LogP contribution in [0.3, 0.4) is 0 Å². The van der Waals surface area contributed by atoms with Gasteiger partial charge in [-0.3, -0.25) is 20.0 Å². The average Bonchev–Trinajstić information content (AvgIpc) is 2.96. The van der Waals surface area contributed by atoms with Crippen LogP contribution in [0.1, 0.15) is 33.2 Å². The van der Waals surface area contributed by atoms with Gasteiger partial charge in [0.2, 0.25) is 0 Å². The third-order valence-electron chi connectivity index (χ3n) is 5.94. The Morgan fingerprint density at radius 2 is 1.65 bits per heavy atom. The molecule has 5 N–H and O–H groups in total. The number of hydrogen-bond acceptors (Lipinski definition) is 6. The number of carboxylic acid groups (broad SMARTS) is 1. The molecule has 0 saturated heterocycles. The third-order valence-corrected chi connectivity index (χ3v) is 8.10. The van der Waals surface area contributed by atoms with E-state index in [1.807, 2.05) is 30.3 Å². The highest BCUT2D eigenvalue weighted by molar-refractivity contribution is 7.91. The first-order chi connectivity index (χ1) is 19.2. The van der Waals surface area contributed by atoms with Crippen molar-refractivity contribution in [2.75, 3.05) is 10.6 Å². The second-order valence-electron chi connectivity index (χ2n) is 8.79. The molecule has 0 saturated carbocycles. The van der Waals surface area contributed by atoms with Crippen LogP contribution >= 0.6 is 0 Å². The number of hydrogen-bond donors (Lipinski definition) is 5. The van der Waals surface area contributed by atoms with Crippen LogP contribution in [0.25, 0.3) is 0 Å². The number of rotatable bonds is 10. The van der Waals surface area contributed by atoms with E-state index in [1.165, 1.54) is 48.8 Å². The summed E-state index contributed by atoms with van der Waals surface area (Å²) in [6.45, 7) is 0.444. The first-order valence-corrected chi connectivity index (χ1v) is 13.8. The molecule has 0 fully saturated rings. The zero-order chi connectivity index (χ0) is 28.5. The number of nitrogens with zero attached hydrogens (tertiary/aromatic N) is 1. The summed E-state index contributed by atoms with van der Waals surface area (Å²) in [5.74, 6) is -1.82. The topological polar surface area (TPSA) is 161 Å². The SMILES string of the molecule is N=C(NCc1ccccc1)Nc1cccc(C(=O)Nc2ccccc2S(=O)(=O)C(CC(=O)O)c2cccnc2)c1. The second-order valence-corrected chi connectivity index (χ2v) is 10.9. The Labute approximate surface area is 231 Å². The number of aromatic nitrogens is 1. The van der Waals surface area contributed by atoms with Gasteiger partial charge in [-0.2, -0.15) is 0 Å². The number of amides is 1. The smallest absolute Gasteiger partial charge is 0.305 e. The number of pyridine rings is 1. The molecule has 0 aliphatic carbocycles. The summed E-state index contributed by atoms with van der Waals surface area (Å²) in [4.78, 5) is 28.4. The average molecular weight is 558 g/mol. The minimum absolute atomic E-state index is 0.0161. The van der Waals surface area contributed by atoms with Crippen molar-refractivity contribution in [2.45, 2.75) is 23.1 Å². The summed E-state index contributed by atoms with van der Waals surface area (Å²) >= 11 is 0. The maximum Gasteiger partial charge on any atom is 0.305 e. The van der Waals surface area contributed by atoms with Crippen LogP contribution in [0.4, 0.5) is 11.4 Å². The Balaban J connectivity index is 1.52. The minimum Gasteiger partial charge on any atom is -0.481 e. The Morgan fingerprint density at radius 1 is 0.900 bits per heavy atom. The molecule has 0 aliphatic heterocycles. The zero-order valence-corrected chi connectivity index (χ0v) is 22.1. The van der Waals surface area contributed by atoms with Gasteiger partial charge < -0.3 is 21.1 Å². The van der Waals surface area contributed by atoms with Gasteiger partial charge in [-0.05, 0) is 47.5 Å². The van der Waals surface area contributed by atoms with E-state index < -0.39 is 33.4 Å². The molecule has 10 nitrogen and oxygen atoms in total. The monoisotopic (exact) mass is 557 g/mol. The molecule has 4 aromatic rings. The summed E-state index contributed by atoms with van der Waals surface area (Å²) in [5, 5.41) is 24.7. The van der Waals surface area contributed by atoms with Gasteiger partial charge in [0, 0.05) is 30.2 Å². The number of para-hydroxylation sites is 1. The number of aliphatic carboxylic acids is 1. The molecular weight excluding hydrogens is 530 g/mol. The summed E-state index contributed by atoms with van der Waals surface area (Å²) in [6, 6.07) is 24.9. The van der Waals surface area contributed by atoms with E-state index in [-0.39, 0.29) is 27.7 Å². The van der Waals surface area contributed by atoms with Crippen molar-refractivity contribution >= 4 is 39.0 Å². The quantitative estimate of drug-likeness (QED) is 0.141. The van der Waals surface area contributed by atoms with E-state index in [0.717, 1.165) is 5.56 Å². The van der Waals surface area contributed by atoms with Crippen LogP contribution in [-0.4, -0.2) is 36.3 Å². The second kappa shape index (κ2) is 12.7. The van der Waals surface area contributed by atoms with E-state index in [2.05, 4.69) is 20.9 Å². The lowest BCUT2D eigenvalue weighted by atomic mass is 10.1. The van der Waals surface area contributed by atoms with Crippen LogP contribution in [-0.2, 0) is 21.2 Å². The van der Waals surface area contributed by atoms with Crippen molar-refractivity contribution in [1.29, 1.82) is 5.41 Å². The molecule has 1 amide bonds. The first kappa shape index (κ1) is 28.0. The molecule has 0 bridgehead atoms. The predicted octanol–water partition coefficient (Wildman–Crippen LogP) is 4.46. The standard InChI is InChI=1S/C29H27N5O5S/c30-29(32-18-20-8-2-1-3-9-20)33-23-12-6-10-21(16-23)28(37)34-24-13-4-5-14-25(24)40(38,39)26(17-27(35)36)22-11-7-15-31-19-22/h1-16,19,26H,17-18H2,(H,34,37)(H,35,36)(H3,30,32,33). The number of carbonyl (C=O) groups excluding carboxylic acids is 1. The molecule has 0 radical (unpaired) electrons. The lowest BCUT2D eigenvalue weighted by Gasteiger charge is -2.19. The fraction of sp³-hybridized carbons (Fsp3) is 0.103. The highest BCUT2D eigenvalue weighted by Gasteiger charge is 2.33. The van der Waals surface area contributed by atoms with Gasteiger partial charge in [0.1, 0.15) is 5.25 Å². The number of anilines is 2. The van der Waals surface area contributed by atoms with Crippen molar-refractivity contribution in [3.8, 4) is 0 Å². The number of carbonyl (C=O) groups is 2. The number of benzene rings is 3. The zero-order valence-electron chi connectivity index (χ0n) is 21.2.